The fourth-order valence-corrected chi connectivity index (χ4v) is 1.96. The van der Waals surface area contributed by atoms with Gasteiger partial charge in [0, 0.05) is 19.3 Å². The fourth-order valence-electron chi connectivity index (χ4n) is 1.96. The zero-order valence-electron chi connectivity index (χ0n) is 12.2. The molecule has 2 nitrogen and oxygen atoms in total. The van der Waals surface area contributed by atoms with Gasteiger partial charge >= 0.3 is 0 Å². The largest absolute Gasteiger partial charge is 0.385 e. The molecule has 1 N–H and O–H groups in total. The van der Waals surface area contributed by atoms with Crippen LogP contribution in [0.4, 0.5) is 0 Å². The van der Waals surface area contributed by atoms with Crippen molar-refractivity contribution in [3.8, 4) is 0 Å². The zero-order chi connectivity index (χ0) is 13.4. The molecule has 1 unspecified atom stereocenters. The lowest BCUT2D eigenvalue weighted by Gasteiger charge is -2.25. The average molecular weight is 249 g/mol. The predicted octanol–water partition coefficient (Wildman–Crippen LogP) is 3.27. The molecule has 0 heterocycles. The first-order valence-corrected chi connectivity index (χ1v) is 6.79. The Kier molecular flexibility index (Phi) is 6.37. The van der Waals surface area contributed by atoms with Crippen molar-refractivity contribution in [3.63, 3.8) is 0 Å². The summed E-state index contributed by atoms with van der Waals surface area (Å²) in [6.07, 6.45) is 2.22. The molecule has 1 atom stereocenters. The van der Waals surface area contributed by atoms with Crippen LogP contribution in [0, 0.1) is 5.92 Å². The Morgan fingerprint density at radius 2 is 1.83 bits per heavy atom. The quantitative estimate of drug-likeness (QED) is 0.801. The van der Waals surface area contributed by atoms with E-state index in [4.69, 9.17) is 4.74 Å². The summed E-state index contributed by atoms with van der Waals surface area (Å²) in [5.41, 5.74) is 1.59. The molecule has 0 radical (unpaired) electrons. The highest BCUT2D eigenvalue weighted by Crippen LogP contribution is 2.13. The standard InChI is InChI=1S/C16H27NO/c1-16(2,3)17-13-15(10-11-18-4)12-14-8-6-5-7-9-14/h5-9,15,17H,10-13H2,1-4H3. The van der Waals surface area contributed by atoms with Gasteiger partial charge in [0.2, 0.25) is 0 Å². The van der Waals surface area contributed by atoms with Crippen LogP contribution < -0.4 is 5.32 Å². The maximum Gasteiger partial charge on any atom is 0.0465 e. The van der Waals surface area contributed by atoms with Crippen LogP contribution in [-0.2, 0) is 11.2 Å². The molecule has 0 fully saturated rings. The Morgan fingerprint density at radius 3 is 2.39 bits per heavy atom. The third kappa shape index (κ3) is 6.77. The van der Waals surface area contributed by atoms with Crippen LogP contribution in [0.15, 0.2) is 30.3 Å². The van der Waals surface area contributed by atoms with Crippen LogP contribution in [0.2, 0.25) is 0 Å². The number of hydrogen-bond donors (Lipinski definition) is 1. The Balaban J connectivity index is 2.50. The lowest BCUT2D eigenvalue weighted by molar-refractivity contribution is 0.173. The molecule has 0 bridgehead atoms. The maximum atomic E-state index is 5.21. The van der Waals surface area contributed by atoms with E-state index in [1.807, 2.05) is 0 Å². The summed E-state index contributed by atoms with van der Waals surface area (Å²) in [5, 5.41) is 3.60. The van der Waals surface area contributed by atoms with Gasteiger partial charge in [0.05, 0.1) is 0 Å². The van der Waals surface area contributed by atoms with Crippen molar-refractivity contribution in [2.75, 3.05) is 20.3 Å². The van der Waals surface area contributed by atoms with Gasteiger partial charge in [-0.2, -0.15) is 0 Å². The second-order valence-corrected chi connectivity index (χ2v) is 5.97. The van der Waals surface area contributed by atoms with Gasteiger partial charge in [0.15, 0.2) is 0 Å². The van der Waals surface area contributed by atoms with Crippen molar-refractivity contribution in [2.24, 2.45) is 5.92 Å². The van der Waals surface area contributed by atoms with E-state index in [-0.39, 0.29) is 5.54 Å². The van der Waals surface area contributed by atoms with E-state index in [0.29, 0.717) is 5.92 Å². The summed E-state index contributed by atoms with van der Waals surface area (Å²) in [6.45, 7) is 8.51. The smallest absolute Gasteiger partial charge is 0.0465 e. The van der Waals surface area contributed by atoms with Crippen LogP contribution in [0.1, 0.15) is 32.8 Å². The van der Waals surface area contributed by atoms with Crippen molar-refractivity contribution in [3.05, 3.63) is 35.9 Å². The van der Waals surface area contributed by atoms with Gasteiger partial charge in [-0.15, -0.1) is 0 Å². The summed E-state index contributed by atoms with van der Waals surface area (Å²) in [4.78, 5) is 0. The van der Waals surface area contributed by atoms with Crippen molar-refractivity contribution < 1.29 is 4.74 Å². The Labute approximate surface area is 112 Å². The highest BCUT2D eigenvalue weighted by Gasteiger charge is 2.14. The minimum absolute atomic E-state index is 0.183. The molecule has 0 aromatic heterocycles. The van der Waals surface area contributed by atoms with Crippen LogP contribution in [0.3, 0.4) is 0 Å². The van der Waals surface area contributed by atoms with E-state index in [1.54, 1.807) is 7.11 Å². The molecule has 1 rings (SSSR count). The number of ether oxygens (including phenoxy) is 1. The molecule has 0 spiro atoms. The van der Waals surface area contributed by atoms with Crippen LogP contribution in [0.25, 0.3) is 0 Å². The molecule has 1 aromatic rings. The molecule has 0 saturated heterocycles. The minimum Gasteiger partial charge on any atom is -0.385 e. The third-order valence-electron chi connectivity index (χ3n) is 3.02. The molecule has 102 valence electrons. The molecule has 0 aliphatic heterocycles. The molecule has 0 aliphatic carbocycles. The van der Waals surface area contributed by atoms with Gasteiger partial charge in [-0.1, -0.05) is 30.3 Å². The van der Waals surface area contributed by atoms with E-state index >= 15 is 0 Å². The minimum atomic E-state index is 0.183. The van der Waals surface area contributed by atoms with Gasteiger partial charge in [-0.05, 0) is 51.6 Å². The maximum absolute atomic E-state index is 5.21. The first-order valence-electron chi connectivity index (χ1n) is 6.79. The zero-order valence-corrected chi connectivity index (χ0v) is 12.2. The second-order valence-electron chi connectivity index (χ2n) is 5.97. The molecule has 0 saturated carbocycles. The van der Waals surface area contributed by atoms with E-state index < -0.39 is 0 Å². The summed E-state index contributed by atoms with van der Waals surface area (Å²) >= 11 is 0. The summed E-state index contributed by atoms with van der Waals surface area (Å²) in [5.74, 6) is 0.631. The normalized spacial score (nSPS) is 13.6. The third-order valence-corrected chi connectivity index (χ3v) is 3.02. The molecule has 1 aromatic carbocycles. The van der Waals surface area contributed by atoms with Crippen LogP contribution >= 0.6 is 0 Å². The van der Waals surface area contributed by atoms with E-state index in [2.05, 4.69) is 56.4 Å². The molecule has 0 amide bonds. The first kappa shape index (κ1) is 15.2. The fraction of sp³-hybridized carbons (Fsp3) is 0.625. The van der Waals surface area contributed by atoms with E-state index in [1.165, 1.54) is 5.56 Å². The van der Waals surface area contributed by atoms with Gasteiger partial charge in [0.1, 0.15) is 0 Å². The molecule has 0 aliphatic rings. The molecule has 2 heteroatoms. The number of methoxy groups -OCH3 is 1. The van der Waals surface area contributed by atoms with Crippen molar-refractivity contribution >= 4 is 0 Å². The molecular weight excluding hydrogens is 222 g/mol. The molecular formula is C16H27NO. The topological polar surface area (TPSA) is 21.3 Å². The second kappa shape index (κ2) is 7.55. The average Bonchev–Trinajstić information content (AvgIpc) is 2.33. The van der Waals surface area contributed by atoms with Crippen molar-refractivity contribution in [2.45, 2.75) is 39.2 Å². The lowest BCUT2D eigenvalue weighted by Crippen LogP contribution is -2.39. The Morgan fingerprint density at radius 1 is 1.17 bits per heavy atom. The first-order chi connectivity index (χ1) is 8.51. The van der Waals surface area contributed by atoms with Crippen molar-refractivity contribution in [1.29, 1.82) is 0 Å². The molecule has 18 heavy (non-hydrogen) atoms. The number of rotatable bonds is 7. The number of nitrogens with one attached hydrogen (secondary N) is 1. The monoisotopic (exact) mass is 249 g/mol. The highest BCUT2D eigenvalue weighted by atomic mass is 16.5. The lowest BCUT2D eigenvalue weighted by atomic mass is 9.95. The predicted molar refractivity (Wildman–Crippen MR) is 77.9 cm³/mol. The van der Waals surface area contributed by atoms with Gasteiger partial charge in [-0.25, -0.2) is 0 Å². The summed E-state index contributed by atoms with van der Waals surface area (Å²) in [6, 6.07) is 10.7. The highest BCUT2D eigenvalue weighted by molar-refractivity contribution is 5.15. The van der Waals surface area contributed by atoms with E-state index in [9.17, 15) is 0 Å². The van der Waals surface area contributed by atoms with Gasteiger partial charge in [0.25, 0.3) is 0 Å². The Hall–Kier alpha value is -0.860. The number of benzene rings is 1. The Bertz CT molecular complexity index is 316. The summed E-state index contributed by atoms with van der Waals surface area (Å²) < 4.78 is 5.21. The number of hydrogen-bond acceptors (Lipinski definition) is 2. The van der Waals surface area contributed by atoms with Gasteiger partial charge in [-0.3, -0.25) is 0 Å². The van der Waals surface area contributed by atoms with Crippen LogP contribution in [-0.4, -0.2) is 25.8 Å². The van der Waals surface area contributed by atoms with E-state index in [0.717, 1.165) is 26.0 Å². The van der Waals surface area contributed by atoms with Crippen molar-refractivity contribution in [1.82, 2.24) is 5.32 Å². The van der Waals surface area contributed by atoms with Crippen LogP contribution in [0.5, 0.6) is 0 Å². The van der Waals surface area contributed by atoms with Gasteiger partial charge < -0.3 is 10.1 Å². The SMILES string of the molecule is COCCC(CNC(C)(C)C)Cc1ccccc1. The summed E-state index contributed by atoms with van der Waals surface area (Å²) in [7, 11) is 1.77.